The molecule has 0 saturated heterocycles. The Bertz CT molecular complexity index is 207. The first kappa shape index (κ1) is 14.9. The molecule has 0 N–H and O–H groups in total. The fourth-order valence-corrected chi connectivity index (χ4v) is 1.48. The van der Waals surface area contributed by atoms with Gasteiger partial charge in [0.1, 0.15) is 0 Å². The third kappa shape index (κ3) is 12.9. The average Bonchev–Trinajstić information content (AvgIpc) is 2.25. The van der Waals surface area contributed by atoms with E-state index in [2.05, 4.69) is 12.7 Å². The first-order chi connectivity index (χ1) is 7.77. The normalized spacial score (nSPS) is 10.6. The molecule has 0 spiro atoms. The van der Waals surface area contributed by atoms with Crippen LogP contribution in [0, 0.1) is 0 Å². The van der Waals surface area contributed by atoms with E-state index in [0.717, 1.165) is 19.3 Å². The van der Waals surface area contributed by atoms with Crippen LogP contribution >= 0.6 is 0 Å². The summed E-state index contributed by atoms with van der Waals surface area (Å²) in [7, 11) is 0. The third-order valence-corrected chi connectivity index (χ3v) is 2.34. The minimum atomic E-state index is -0.172. The van der Waals surface area contributed by atoms with Crippen LogP contribution in [0.1, 0.15) is 51.9 Å². The Labute approximate surface area is 99.4 Å². The molecular formula is C14H24O2. The van der Waals surface area contributed by atoms with Crippen LogP contribution in [-0.2, 0) is 9.53 Å². The zero-order valence-electron chi connectivity index (χ0n) is 10.4. The van der Waals surface area contributed by atoms with Gasteiger partial charge in [-0.25, -0.2) is 0 Å². The maximum Gasteiger partial charge on any atom is 0.302 e. The van der Waals surface area contributed by atoms with Crippen LogP contribution in [0.3, 0.4) is 0 Å². The molecule has 0 unspecified atom stereocenters. The summed E-state index contributed by atoms with van der Waals surface area (Å²) in [5.41, 5.74) is 0. The van der Waals surface area contributed by atoms with E-state index in [-0.39, 0.29) is 5.97 Å². The first-order valence-corrected chi connectivity index (χ1v) is 6.18. The number of esters is 1. The Kier molecular flexibility index (Phi) is 11.2. The van der Waals surface area contributed by atoms with Crippen LogP contribution in [-0.4, -0.2) is 12.6 Å². The van der Waals surface area contributed by atoms with Crippen molar-refractivity contribution in [1.29, 1.82) is 0 Å². The molecule has 0 bridgehead atoms. The second-order valence-corrected chi connectivity index (χ2v) is 3.91. The fraction of sp³-hybridized carbons (Fsp3) is 0.643. The van der Waals surface area contributed by atoms with Gasteiger partial charge in [-0.1, -0.05) is 50.5 Å². The Morgan fingerprint density at radius 2 is 1.75 bits per heavy atom. The largest absolute Gasteiger partial charge is 0.466 e. The van der Waals surface area contributed by atoms with Crippen molar-refractivity contribution in [2.75, 3.05) is 6.61 Å². The lowest BCUT2D eigenvalue weighted by molar-refractivity contribution is -0.141. The number of carbonyl (C=O) groups is 1. The highest BCUT2D eigenvalue weighted by atomic mass is 16.5. The molecule has 0 aliphatic heterocycles. The third-order valence-electron chi connectivity index (χ3n) is 2.34. The van der Waals surface area contributed by atoms with E-state index in [0.29, 0.717) is 6.61 Å². The Hall–Kier alpha value is -1.05. The molecule has 0 aliphatic carbocycles. The van der Waals surface area contributed by atoms with Crippen molar-refractivity contribution in [3.05, 3.63) is 24.8 Å². The quantitative estimate of drug-likeness (QED) is 0.318. The highest BCUT2D eigenvalue weighted by Gasteiger charge is 1.93. The standard InChI is InChI=1S/C14H24O2/c1-3-4-5-6-7-8-9-10-11-12-13-16-14(2)15/h3-5H,1,6-13H2,2H3/b5-4-. The van der Waals surface area contributed by atoms with Crippen molar-refractivity contribution in [3.63, 3.8) is 0 Å². The molecule has 0 aromatic carbocycles. The summed E-state index contributed by atoms with van der Waals surface area (Å²) >= 11 is 0. The molecule has 16 heavy (non-hydrogen) atoms. The van der Waals surface area contributed by atoms with Crippen LogP contribution in [0.25, 0.3) is 0 Å². The maximum absolute atomic E-state index is 10.5. The highest BCUT2D eigenvalue weighted by Crippen LogP contribution is 2.07. The molecule has 0 aromatic heterocycles. The molecule has 0 aliphatic rings. The summed E-state index contributed by atoms with van der Waals surface area (Å²) in [6, 6.07) is 0. The summed E-state index contributed by atoms with van der Waals surface area (Å²) in [6.45, 7) is 5.66. The van der Waals surface area contributed by atoms with Crippen molar-refractivity contribution in [2.45, 2.75) is 51.9 Å². The molecule has 2 heteroatoms. The number of carbonyl (C=O) groups excluding carboxylic acids is 1. The van der Waals surface area contributed by atoms with Crippen molar-refractivity contribution < 1.29 is 9.53 Å². The average molecular weight is 224 g/mol. The molecule has 0 saturated carbocycles. The predicted molar refractivity (Wildman–Crippen MR) is 68.3 cm³/mol. The second-order valence-electron chi connectivity index (χ2n) is 3.91. The van der Waals surface area contributed by atoms with E-state index < -0.39 is 0 Å². The molecule has 0 atom stereocenters. The minimum absolute atomic E-state index is 0.172. The number of hydrogen-bond acceptors (Lipinski definition) is 2. The summed E-state index contributed by atoms with van der Waals surface area (Å²) in [5, 5.41) is 0. The Morgan fingerprint density at radius 3 is 2.38 bits per heavy atom. The van der Waals surface area contributed by atoms with Crippen molar-refractivity contribution >= 4 is 5.97 Å². The number of allylic oxidation sites excluding steroid dienone is 3. The van der Waals surface area contributed by atoms with Crippen molar-refractivity contribution in [1.82, 2.24) is 0 Å². The maximum atomic E-state index is 10.5. The second kappa shape index (κ2) is 12.0. The van der Waals surface area contributed by atoms with E-state index in [1.165, 1.54) is 32.6 Å². The van der Waals surface area contributed by atoms with Gasteiger partial charge in [0, 0.05) is 6.92 Å². The zero-order valence-corrected chi connectivity index (χ0v) is 10.4. The number of unbranched alkanes of at least 4 members (excludes halogenated alkanes) is 6. The fourth-order valence-electron chi connectivity index (χ4n) is 1.48. The highest BCUT2D eigenvalue weighted by molar-refractivity contribution is 5.65. The predicted octanol–water partition coefficient (Wildman–Crippen LogP) is 4.02. The molecule has 92 valence electrons. The molecule has 0 heterocycles. The SMILES string of the molecule is C=C/C=C\CCCCCCCCOC(C)=O. The molecule has 2 nitrogen and oxygen atoms in total. The lowest BCUT2D eigenvalue weighted by Gasteiger charge is -2.01. The molecule has 0 fully saturated rings. The number of ether oxygens (including phenoxy) is 1. The van der Waals surface area contributed by atoms with Crippen LogP contribution in [0.5, 0.6) is 0 Å². The van der Waals surface area contributed by atoms with E-state index in [4.69, 9.17) is 4.74 Å². The van der Waals surface area contributed by atoms with Gasteiger partial charge in [-0.2, -0.15) is 0 Å². The van der Waals surface area contributed by atoms with E-state index in [1.54, 1.807) is 0 Å². The summed E-state index contributed by atoms with van der Waals surface area (Å²) in [6.07, 6.45) is 14.4. The van der Waals surface area contributed by atoms with Crippen LogP contribution in [0.15, 0.2) is 24.8 Å². The van der Waals surface area contributed by atoms with Gasteiger partial charge >= 0.3 is 5.97 Å². The van der Waals surface area contributed by atoms with Crippen molar-refractivity contribution in [2.24, 2.45) is 0 Å². The molecule has 0 rings (SSSR count). The van der Waals surface area contributed by atoms with E-state index in [1.807, 2.05) is 12.2 Å². The minimum Gasteiger partial charge on any atom is -0.466 e. The summed E-state index contributed by atoms with van der Waals surface area (Å²) < 4.78 is 4.86. The van der Waals surface area contributed by atoms with Gasteiger partial charge < -0.3 is 4.74 Å². The summed E-state index contributed by atoms with van der Waals surface area (Å²) in [4.78, 5) is 10.5. The van der Waals surface area contributed by atoms with Gasteiger partial charge in [-0.15, -0.1) is 0 Å². The van der Waals surface area contributed by atoms with E-state index >= 15 is 0 Å². The zero-order chi connectivity index (χ0) is 12.1. The number of rotatable bonds is 10. The molecule has 0 radical (unpaired) electrons. The lowest BCUT2D eigenvalue weighted by Crippen LogP contribution is -1.99. The van der Waals surface area contributed by atoms with Gasteiger partial charge in [0.2, 0.25) is 0 Å². The molecule has 0 aromatic rings. The van der Waals surface area contributed by atoms with Crippen LogP contribution in [0.4, 0.5) is 0 Å². The Morgan fingerprint density at radius 1 is 1.12 bits per heavy atom. The summed E-state index contributed by atoms with van der Waals surface area (Å²) in [5.74, 6) is -0.172. The monoisotopic (exact) mass is 224 g/mol. The van der Waals surface area contributed by atoms with E-state index in [9.17, 15) is 4.79 Å². The smallest absolute Gasteiger partial charge is 0.302 e. The number of hydrogen-bond donors (Lipinski definition) is 0. The molecule has 0 amide bonds. The van der Waals surface area contributed by atoms with Gasteiger partial charge in [0.25, 0.3) is 0 Å². The van der Waals surface area contributed by atoms with Crippen LogP contribution in [0.2, 0.25) is 0 Å². The van der Waals surface area contributed by atoms with Crippen molar-refractivity contribution in [3.8, 4) is 0 Å². The Balaban J connectivity index is 3.01. The van der Waals surface area contributed by atoms with Gasteiger partial charge in [-0.05, 0) is 19.3 Å². The van der Waals surface area contributed by atoms with Crippen LogP contribution < -0.4 is 0 Å². The topological polar surface area (TPSA) is 26.3 Å². The first-order valence-electron chi connectivity index (χ1n) is 6.18. The van der Waals surface area contributed by atoms with Gasteiger partial charge in [-0.3, -0.25) is 4.79 Å². The lowest BCUT2D eigenvalue weighted by atomic mass is 10.1. The van der Waals surface area contributed by atoms with Gasteiger partial charge in [0.15, 0.2) is 0 Å². The van der Waals surface area contributed by atoms with Gasteiger partial charge in [0.05, 0.1) is 6.61 Å². The molecular weight excluding hydrogens is 200 g/mol.